The maximum Gasteiger partial charge on any atom is 0.243 e. The minimum absolute atomic E-state index is 0.155. The maximum absolute atomic E-state index is 12.9. The molecule has 3 aromatic rings. The van der Waals surface area contributed by atoms with Crippen LogP contribution in [0.4, 0.5) is 11.4 Å². The number of aromatic nitrogens is 2. The summed E-state index contributed by atoms with van der Waals surface area (Å²) in [5.41, 5.74) is 2.76. The summed E-state index contributed by atoms with van der Waals surface area (Å²) in [4.78, 5) is 28.6. The zero-order chi connectivity index (χ0) is 25.6. The number of amides is 2. The van der Waals surface area contributed by atoms with Gasteiger partial charge in [0.05, 0.1) is 15.9 Å². The van der Waals surface area contributed by atoms with E-state index in [2.05, 4.69) is 22.1 Å². The maximum atomic E-state index is 12.9. The van der Waals surface area contributed by atoms with Crippen LogP contribution in [0.15, 0.2) is 47.4 Å². The largest absolute Gasteiger partial charge is 0.328 e. The number of nitrogens with one attached hydrogen (secondary N) is 2. The van der Waals surface area contributed by atoms with E-state index in [0.717, 1.165) is 24.3 Å². The fraction of sp³-hybridized carbons (Fsp3) is 0.400. The summed E-state index contributed by atoms with van der Waals surface area (Å²) < 4.78 is 29.3. The number of anilines is 2. The fourth-order valence-corrected chi connectivity index (χ4v) is 5.46. The molecule has 0 radical (unpaired) electrons. The number of carbonyl (C=O) groups excluding carboxylic acids is 2. The molecule has 0 saturated heterocycles. The van der Waals surface area contributed by atoms with Crippen LogP contribution in [-0.2, 0) is 32.6 Å². The average molecular weight is 500 g/mol. The molecule has 0 saturated carbocycles. The van der Waals surface area contributed by atoms with Gasteiger partial charge in [-0.25, -0.2) is 13.4 Å². The number of sulfonamides is 1. The predicted octanol–water partition coefficient (Wildman–Crippen LogP) is 4.01. The standard InChI is InChI=1S/C25H33N5O4S/c1-5-16-30-23-13-12-21(35(33,34)29(6-2)7-3)17-22(23)28-24(30)14-15-25(32)27-20-10-8-19(9-11-20)26-18(4)31/h8-13,17H,5-7,14-16H2,1-4H3,(H,26,31)(H,27,32). The van der Waals surface area contributed by atoms with Crippen molar-refractivity contribution in [2.75, 3.05) is 23.7 Å². The first-order chi connectivity index (χ1) is 16.7. The zero-order valence-electron chi connectivity index (χ0n) is 20.7. The second kappa shape index (κ2) is 11.5. The van der Waals surface area contributed by atoms with Crippen molar-refractivity contribution in [1.29, 1.82) is 0 Å². The quantitative estimate of drug-likeness (QED) is 0.414. The second-order valence-electron chi connectivity index (χ2n) is 8.23. The van der Waals surface area contributed by atoms with Crippen LogP contribution >= 0.6 is 0 Å². The van der Waals surface area contributed by atoms with E-state index >= 15 is 0 Å². The van der Waals surface area contributed by atoms with Gasteiger partial charge in [-0.1, -0.05) is 20.8 Å². The van der Waals surface area contributed by atoms with E-state index in [1.54, 1.807) is 42.5 Å². The first-order valence-electron chi connectivity index (χ1n) is 11.9. The highest BCUT2D eigenvalue weighted by molar-refractivity contribution is 7.89. The minimum Gasteiger partial charge on any atom is -0.328 e. The van der Waals surface area contributed by atoms with Crippen LogP contribution in [0.5, 0.6) is 0 Å². The number of imidazole rings is 1. The molecule has 0 aliphatic heterocycles. The topological polar surface area (TPSA) is 113 Å². The lowest BCUT2D eigenvalue weighted by Gasteiger charge is -2.18. The summed E-state index contributed by atoms with van der Waals surface area (Å²) in [7, 11) is -3.58. The molecule has 0 fully saturated rings. The Morgan fingerprint density at radius 1 is 0.971 bits per heavy atom. The summed E-state index contributed by atoms with van der Waals surface area (Å²) in [5, 5.41) is 5.54. The summed E-state index contributed by atoms with van der Waals surface area (Å²) in [6, 6.07) is 12.0. The van der Waals surface area contributed by atoms with Crippen molar-refractivity contribution in [2.24, 2.45) is 0 Å². The SMILES string of the molecule is CCCn1c(CCC(=O)Nc2ccc(NC(C)=O)cc2)nc2cc(S(=O)(=O)N(CC)CC)ccc21. The molecule has 1 aromatic heterocycles. The number of aryl methyl sites for hydroxylation is 2. The van der Waals surface area contributed by atoms with Crippen molar-refractivity contribution in [1.82, 2.24) is 13.9 Å². The van der Waals surface area contributed by atoms with Crippen molar-refractivity contribution in [3.05, 3.63) is 48.3 Å². The van der Waals surface area contributed by atoms with E-state index in [1.807, 2.05) is 13.8 Å². The third-order valence-electron chi connectivity index (χ3n) is 5.65. The van der Waals surface area contributed by atoms with Crippen molar-refractivity contribution in [2.45, 2.75) is 58.4 Å². The smallest absolute Gasteiger partial charge is 0.243 e. The van der Waals surface area contributed by atoms with Gasteiger partial charge in [-0.2, -0.15) is 4.31 Å². The Kier molecular flexibility index (Phi) is 8.63. The van der Waals surface area contributed by atoms with Crippen molar-refractivity contribution in [3.63, 3.8) is 0 Å². The number of carbonyl (C=O) groups is 2. The van der Waals surface area contributed by atoms with Gasteiger partial charge < -0.3 is 15.2 Å². The van der Waals surface area contributed by atoms with Crippen LogP contribution in [0, 0.1) is 0 Å². The van der Waals surface area contributed by atoms with Gasteiger partial charge in [-0.05, 0) is 48.9 Å². The van der Waals surface area contributed by atoms with Gasteiger partial charge in [-0.15, -0.1) is 0 Å². The van der Waals surface area contributed by atoms with Crippen molar-refractivity contribution in [3.8, 4) is 0 Å². The Bertz CT molecular complexity index is 1300. The number of hydrogen-bond donors (Lipinski definition) is 2. The highest BCUT2D eigenvalue weighted by Crippen LogP contribution is 2.24. The number of nitrogens with zero attached hydrogens (tertiary/aromatic N) is 3. The van der Waals surface area contributed by atoms with Crippen LogP contribution in [-0.4, -0.2) is 47.2 Å². The molecule has 2 N–H and O–H groups in total. The Morgan fingerprint density at radius 3 is 2.17 bits per heavy atom. The summed E-state index contributed by atoms with van der Waals surface area (Å²) >= 11 is 0. The average Bonchev–Trinajstić information content (AvgIpc) is 3.16. The molecular weight excluding hydrogens is 466 g/mol. The van der Waals surface area contributed by atoms with Crippen LogP contribution in [0.3, 0.4) is 0 Å². The lowest BCUT2D eigenvalue weighted by molar-refractivity contribution is -0.116. The van der Waals surface area contributed by atoms with E-state index in [4.69, 9.17) is 4.98 Å². The van der Waals surface area contributed by atoms with E-state index in [1.165, 1.54) is 11.2 Å². The Labute approximate surface area is 206 Å². The third-order valence-corrected chi connectivity index (χ3v) is 7.70. The van der Waals surface area contributed by atoms with Crippen LogP contribution in [0.2, 0.25) is 0 Å². The minimum atomic E-state index is -3.58. The molecule has 0 aliphatic rings. The highest BCUT2D eigenvalue weighted by Gasteiger charge is 2.23. The van der Waals surface area contributed by atoms with Gasteiger partial charge in [0.2, 0.25) is 21.8 Å². The molecule has 9 nitrogen and oxygen atoms in total. The molecule has 0 unspecified atom stereocenters. The molecule has 188 valence electrons. The molecule has 0 spiro atoms. The van der Waals surface area contributed by atoms with Gasteiger partial charge >= 0.3 is 0 Å². The molecule has 0 bridgehead atoms. The second-order valence-corrected chi connectivity index (χ2v) is 10.2. The van der Waals surface area contributed by atoms with E-state index < -0.39 is 10.0 Å². The van der Waals surface area contributed by atoms with Crippen molar-refractivity contribution < 1.29 is 18.0 Å². The molecule has 2 aromatic carbocycles. The number of hydrogen-bond acceptors (Lipinski definition) is 5. The van der Waals surface area contributed by atoms with Crippen LogP contribution < -0.4 is 10.6 Å². The van der Waals surface area contributed by atoms with E-state index in [9.17, 15) is 18.0 Å². The number of rotatable bonds is 11. The monoisotopic (exact) mass is 499 g/mol. The van der Waals surface area contributed by atoms with Crippen molar-refractivity contribution >= 4 is 44.2 Å². The lowest BCUT2D eigenvalue weighted by Crippen LogP contribution is -2.30. The molecule has 1 heterocycles. The van der Waals surface area contributed by atoms with Gasteiger partial charge in [0.15, 0.2) is 0 Å². The van der Waals surface area contributed by atoms with Gasteiger partial charge in [0.25, 0.3) is 0 Å². The van der Waals surface area contributed by atoms with E-state index in [-0.39, 0.29) is 23.1 Å². The molecule has 35 heavy (non-hydrogen) atoms. The molecule has 0 aliphatic carbocycles. The summed E-state index contributed by atoms with van der Waals surface area (Å²) in [5.74, 6) is 0.433. The molecule has 10 heteroatoms. The number of fused-ring (bicyclic) bond motifs is 1. The Hall–Kier alpha value is -3.24. The molecule has 2 amide bonds. The predicted molar refractivity (Wildman–Crippen MR) is 138 cm³/mol. The first kappa shape index (κ1) is 26.4. The third kappa shape index (κ3) is 6.26. The van der Waals surface area contributed by atoms with E-state index in [0.29, 0.717) is 36.4 Å². The highest BCUT2D eigenvalue weighted by atomic mass is 32.2. The summed E-state index contributed by atoms with van der Waals surface area (Å²) in [6.07, 6.45) is 1.53. The van der Waals surface area contributed by atoms with Crippen LogP contribution in [0.25, 0.3) is 11.0 Å². The zero-order valence-corrected chi connectivity index (χ0v) is 21.5. The summed E-state index contributed by atoms with van der Waals surface area (Å²) in [6.45, 7) is 8.65. The van der Waals surface area contributed by atoms with Gasteiger partial charge in [0.1, 0.15) is 5.82 Å². The van der Waals surface area contributed by atoms with Crippen LogP contribution in [0.1, 0.15) is 46.4 Å². The molecule has 0 atom stereocenters. The molecular formula is C25H33N5O4S. The number of benzene rings is 2. The Morgan fingerprint density at radius 2 is 1.60 bits per heavy atom. The molecule has 3 rings (SSSR count). The normalized spacial score (nSPS) is 11.7. The van der Waals surface area contributed by atoms with Gasteiger partial charge in [0, 0.05) is 50.8 Å². The first-order valence-corrected chi connectivity index (χ1v) is 13.3. The lowest BCUT2D eigenvalue weighted by atomic mass is 10.2. The fourth-order valence-electron chi connectivity index (χ4n) is 3.99. The van der Waals surface area contributed by atoms with Gasteiger partial charge in [-0.3, -0.25) is 9.59 Å². The Balaban J connectivity index is 1.77.